The Labute approximate surface area is 92.8 Å². The molecule has 0 atom stereocenters. The maximum Gasteiger partial charge on any atom is 0.324 e. The van der Waals surface area contributed by atoms with Crippen molar-refractivity contribution in [2.24, 2.45) is 0 Å². The predicted molar refractivity (Wildman–Crippen MR) is 62.3 cm³/mol. The minimum atomic E-state index is -0.146. The normalized spacial score (nSPS) is 9.93. The molecule has 0 heterocycles. The molecule has 0 aliphatic heterocycles. The molecule has 0 aliphatic carbocycles. The molecule has 15 heavy (non-hydrogen) atoms. The molecule has 0 saturated carbocycles. The van der Waals surface area contributed by atoms with Crippen molar-refractivity contribution in [3.8, 4) is 0 Å². The molecule has 0 saturated heterocycles. The van der Waals surface area contributed by atoms with E-state index in [-0.39, 0.29) is 5.97 Å². The summed E-state index contributed by atoms with van der Waals surface area (Å²) in [6, 6.07) is 0. The van der Waals surface area contributed by atoms with E-state index in [9.17, 15) is 4.79 Å². The minimum absolute atomic E-state index is 0.146. The van der Waals surface area contributed by atoms with Crippen molar-refractivity contribution in [2.75, 3.05) is 6.54 Å². The summed E-state index contributed by atoms with van der Waals surface area (Å²) in [5.74, 6) is -0.146. The summed E-state index contributed by atoms with van der Waals surface area (Å²) in [7, 11) is 0. The Hall–Kier alpha value is -0.830. The first-order chi connectivity index (χ1) is 7.31. The molecule has 0 unspecified atom stereocenters. The third-order valence-electron chi connectivity index (χ3n) is 2.11. The van der Waals surface area contributed by atoms with Crippen molar-refractivity contribution in [3.05, 3.63) is 12.7 Å². The van der Waals surface area contributed by atoms with Crippen molar-refractivity contribution >= 4 is 5.97 Å². The number of carbonyl (C=O) groups is 1. The highest BCUT2D eigenvalue weighted by Gasteiger charge is 2.01. The van der Waals surface area contributed by atoms with Crippen LogP contribution in [-0.2, 0) is 9.63 Å². The van der Waals surface area contributed by atoms with E-state index in [1.54, 1.807) is 0 Å². The molecular formula is C12H23NO2. The summed E-state index contributed by atoms with van der Waals surface area (Å²) >= 11 is 0. The molecule has 0 radical (unpaired) electrons. The van der Waals surface area contributed by atoms with E-state index in [2.05, 4.69) is 19.0 Å². The van der Waals surface area contributed by atoms with Gasteiger partial charge in [-0.1, -0.05) is 25.8 Å². The van der Waals surface area contributed by atoms with Crippen molar-refractivity contribution in [2.45, 2.75) is 51.9 Å². The number of hydroxylamine groups is 1. The van der Waals surface area contributed by atoms with E-state index < -0.39 is 0 Å². The summed E-state index contributed by atoms with van der Waals surface area (Å²) in [5, 5.41) is 0. The third-order valence-corrected chi connectivity index (χ3v) is 2.11. The van der Waals surface area contributed by atoms with Crippen LogP contribution < -0.4 is 5.48 Å². The second-order valence-electron chi connectivity index (χ2n) is 3.61. The van der Waals surface area contributed by atoms with Gasteiger partial charge in [-0.2, -0.15) is 5.48 Å². The van der Waals surface area contributed by atoms with Gasteiger partial charge in [-0.25, -0.2) is 0 Å². The van der Waals surface area contributed by atoms with Gasteiger partial charge in [0, 0.05) is 13.0 Å². The summed E-state index contributed by atoms with van der Waals surface area (Å²) in [6.45, 7) is 6.49. The highest BCUT2D eigenvalue weighted by atomic mass is 16.7. The first-order valence-corrected chi connectivity index (χ1v) is 5.84. The molecule has 1 N–H and O–H groups in total. The predicted octanol–water partition coefficient (Wildman–Crippen LogP) is 2.97. The molecule has 0 spiro atoms. The Morgan fingerprint density at radius 2 is 2.13 bits per heavy atom. The van der Waals surface area contributed by atoms with Crippen molar-refractivity contribution in [3.63, 3.8) is 0 Å². The number of carbonyl (C=O) groups excluding carboxylic acids is 1. The molecule has 88 valence electrons. The van der Waals surface area contributed by atoms with Gasteiger partial charge < -0.3 is 4.84 Å². The average Bonchev–Trinajstić information content (AvgIpc) is 2.23. The fraction of sp³-hybridized carbons (Fsp3) is 0.750. The number of hydrogen-bond donors (Lipinski definition) is 1. The lowest BCUT2D eigenvalue weighted by Crippen LogP contribution is -2.20. The van der Waals surface area contributed by atoms with Crippen LogP contribution in [0.2, 0.25) is 0 Å². The second kappa shape index (κ2) is 11.2. The highest BCUT2D eigenvalue weighted by Crippen LogP contribution is 1.99. The van der Waals surface area contributed by atoms with Gasteiger partial charge in [0.05, 0.1) is 0 Å². The van der Waals surface area contributed by atoms with Crippen LogP contribution in [0.3, 0.4) is 0 Å². The molecule has 0 amide bonds. The minimum Gasteiger partial charge on any atom is -0.371 e. The van der Waals surface area contributed by atoms with Crippen LogP contribution in [0, 0.1) is 0 Å². The van der Waals surface area contributed by atoms with Gasteiger partial charge in [-0.05, 0) is 25.7 Å². The number of hydrogen-bond acceptors (Lipinski definition) is 3. The average molecular weight is 213 g/mol. The summed E-state index contributed by atoms with van der Waals surface area (Å²) in [6.07, 6.45) is 8.68. The van der Waals surface area contributed by atoms with Crippen molar-refractivity contribution in [1.82, 2.24) is 5.48 Å². The monoisotopic (exact) mass is 213 g/mol. The zero-order valence-corrected chi connectivity index (χ0v) is 9.76. The van der Waals surface area contributed by atoms with Crippen LogP contribution in [0.15, 0.2) is 12.7 Å². The maximum absolute atomic E-state index is 11.1. The van der Waals surface area contributed by atoms with Gasteiger partial charge in [0.2, 0.25) is 0 Å². The second-order valence-corrected chi connectivity index (χ2v) is 3.61. The van der Waals surface area contributed by atoms with Crippen molar-refractivity contribution in [1.29, 1.82) is 0 Å². The summed E-state index contributed by atoms with van der Waals surface area (Å²) < 4.78 is 0. The molecule has 0 fully saturated rings. The SMILES string of the molecule is C=CCCCCNOC(=O)CCCCC. The molecule has 3 heteroatoms. The van der Waals surface area contributed by atoms with Gasteiger partial charge in [0.1, 0.15) is 0 Å². The van der Waals surface area contributed by atoms with E-state index in [0.717, 1.165) is 45.1 Å². The van der Waals surface area contributed by atoms with Crippen LogP contribution in [0.1, 0.15) is 51.9 Å². The van der Waals surface area contributed by atoms with Crippen molar-refractivity contribution < 1.29 is 9.63 Å². The van der Waals surface area contributed by atoms with E-state index in [1.807, 2.05) is 6.08 Å². The Bertz CT molecular complexity index is 169. The molecule has 0 aromatic carbocycles. The van der Waals surface area contributed by atoms with Gasteiger partial charge in [0.25, 0.3) is 0 Å². The van der Waals surface area contributed by atoms with Crippen LogP contribution >= 0.6 is 0 Å². The largest absolute Gasteiger partial charge is 0.371 e. The summed E-state index contributed by atoms with van der Waals surface area (Å²) in [4.78, 5) is 16.0. The number of unbranched alkanes of at least 4 members (excludes halogenated alkanes) is 4. The zero-order chi connectivity index (χ0) is 11.4. The van der Waals surface area contributed by atoms with E-state index in [0.29, 0.717) is 6.42 Å². The molecular weight excluding hydrogens is 190 g/mol. The van der Waals surface area contributed by atoms with Crippen LogP contribution in [0.4, 0.5) is 0 Å². The van der Waals surface area contributed by atoms with E-state index in [1.165, 1.54) is 0 Å². The van der Waals surface area contributed by atoms with Gasteiger partial charge in [-0.15, -0.1) is 6.58 Å². The van der Waals surface area contributed by atoms with E-state index in [4.69, 9.17) is 4.84 Å². The third kappa shape index (κ3) is 11.1. The van der Waals surface area contributed by atoms with Crippen LogP contribution in [-0.4, -0.2) is 12.5 Å². The number of nitrogens with one attached hydrogen (secondary N) is 1. The van der Waals surface area contributed by atoms with Gasteiger partial charge >= 0.3 is 5.97 Å². The highest BCUT2D eigenvalue weighted by molar-refractivity contribution is 5.68. The fourth-order valence-corrected chi connectivity index (χ4v) is 1.19. The maximum atomic E-state index is 11.1. The molecule has 0 bridgehead atoms. The lowest BCUT2D eigenvalue weighted by Gasteiger charge is -2.04. The van der Waals surface area contributed by atoms with Crippen LogP contribution in [0.5, 0.6) is 0 Å². The molecule has 0 aliphatic rings. The summed E-state index contributed by atoms with van der Waals surface area (Å²) in [5.41, 5.74) is 2.69. The topological polar surface area (TPSA) is 38.3 Å². The number of allylic oxidation sites excluding steroid dienone is 1. The van der Waals surface area contributed by atoms with Gasteiger partial charge in [0.15, 0.2) is 0 Å². The van der Waals surface area contributed by atoms with Gasteiger partial charge in [-0.3, -0.25) is 4.79 Å². The molecule has 3 nitrogen and oxygen atoms in total. The zero-order valence-electron chi connectivity index (χ0n) is 9.76. The quantitative estimate of drug-likeness (QED) is 0.344. The first-order valence-electron chi connectivity index (χ1n) is 5.84. The Morgan fingerprint density at radius 1 is 1.33 bits per heavy atom. The smallest absolute Gasteiger partial charge is 0.324 e. The molecule has 0 aromatic heterocycles. The van der Waals surface area contributed by atoms with Crippen LogP contribution in [0.25, 0.3) is 0 Å². The first kappa shape index (κ1) is 14.2. The lowest BCUT2D eigenvalue weighted by atomic mass is 10.2. The number of rotatable bonds is 10. The molecule has 0 rings (SSSR count). The lowest BCUT2D eigenvalue weighted by molar-refractivity contribution is -0.151. The Morgan fingerprint density at radius 3 is 2.80 bits per heavy atom. The molecule has 0 aromatic rings. The van der Waals surface area contributed by atoms with E-state index >= 15 is 0 Å². The standard InChI is InChI=1S/C12H23NO2/c1-3-5-7-9-11-13-15-12(14)10-8-6-4-2/h3,13H,1,4-11H2,2H3. The Kier molecular flexibility index (Phi) is 10.6. The Balaban J connectivity index is 3.13. The fourth-order valence-electron chi connectivity index (χ4n) is 1.19.